The smallest absolute Gasteiger partial charge is 0.248 e. The molecule has 0 fully saturated rings. The van der Waals surface area contributed by atoms with Crippen molar-refractivity contribution in [2.45, 2.75) is 0 Å². The molecule has 4 aromatic heterocycles. The maximum atomic E-state index is 12.6. The molecule has 0 atom stereocenters. The number of nitrogens with one attached hydrogen (secondary N) is 2. The molecule has 2 N–H and O–H groups in total. The minimum absolute atomic E-state index is 0.186. The predicted molar refractivity (Wildman–Crippen MR) is 150 cm³/mol. The molecule has 9 nitrogen and oxygen atoms in total. The van der Waals surface area contributed by atoms with E-state index in [1.807, 2.05) is 81.2 Å². The Labute approximate surface area is 220 Å². The molecule has 0 unspecified atom stereocenters. The lowest BCUT2D eigenvalue weighted by Gasteiger charge is -2.11. The van der Waals surface area contributed by atoms with E-state index >= 15 is 0 Å². The van der Waals surface area contributed by atoms with E-state index in [0.717, 1.165) is 44.4 Å². The maximum Gasteiger partial charge on any atom is 0.248 e. The quantitative estimate of drug-likeness (QED) is 0.294. The molecule has 0 saturated heterocycles. The third-order valence-corrected chi connectivity index (χ3v) is 6.10. The highest BCUT2D eigenvalue weighted by Crippen LogP contribution is 2.34. The Kier molecular flexibility index (Phi) is 7.01. The number of aryl methyl sites for hydroxylation is 1. The number of hydrogen-bond acceptors (Lipinski definition) is 6. The number of pyridine rings is 2. The van der Waals surface area contributed by atoms with Crippen molar-refractivity contribution in [1.29, 1.82) is 0 Å². The van der Waals surface area contributed by atoms with Crippen molar-refractivity contribution in [2.75, 3.05) is 33.1 Å². The number of methoxy groups -OCH3 is 1. The van der Waals surface area contributed by atoms with Gasteiger partial charge >= 0.3 is 0 Å². The van der Waals surface area contributed by atoms with Gasteiger partial charge in [-0.1, -0.05) is 6.08 Å². The molecule has 0 bridgehead atoms. The van der Waals surface area contributed by atoms with E-state index < -0.39 is 0 Å². The first kappa shape index (κ1) is 24.9. The number of benzene rings is 1. The zero-order valence-electron chi connectivity index (χ0n) is 21.8. The second-order valence-electron chi connectivity index (χ2n) is 9.26. The van der Waals surface area contributed by atoms with Crippen molar-refractivity contribution < 1.29 is 9.53 Å². The van der Waals surface area contributed by atoms with Crippen molar-refractivity contribution in [3.05, 3.63) is 79.5 Å². The molecule has 9 heteroatoms. The second kappa shape index (κ2) is 10.7. The number of carbonyl (C=O) groups is 1. The van der Waals surface area contributed by atoms with E-state index in [-0.39, 0.29) is 5.91 Å². The van der Waals surface area contributed by atoms with Crippen molar-refractivity contribution in [3.8, 4) is 39.3 Å². The largest absolute Gasteiger partial charge is 0.481 e. The minimum atomic E-state index is -0.186. The number of aromatic nitrogens is 5. The molecule has 4 heterocycles. The van der Waals surface area contributed by atoms with E-state index in [9.17, 15) is 4.79 Å². The van der Waals surface area contributed by atoms with E-state index in [1.165, 1.54) is 0 Å². The SMILES string of the molecule is COc1cc(-c2c[nH]c3ncc(-c4cc(NC(=O)C=CCN(C)C)cc(-c5cnn(C)c5)c4)cc23)ccn1. The monoisotopic (exact) mass is 507 g/mol. The van der Waals surface area contributed by atoms with Crippen molar-refractivity contribution in [1.82, 2.24) is 29.6 Å². The number of likely N-dealkylation sites (N-methyl/N-ethyl adjacent to an activating group) is 1. The van der Waals surface area contributed by atoms with Crippen LogP contribution in [0.25, 0.3) is 44.4 Å². The van der Waals surface area contributed by atoms with Crippen LogP contribution in [0.2, 0.25) is 0 Å². The van der Waals surface area contributed by atoms with Gasteiger partial charge in [-0.25, -0.2) is 9.97 Å². The number of nitrogens with zero attached hydrogens (tertiary/aromatic N) is 5. The standard InChI is InChI=1S/C29H29N7O2/c1-35(2)9-5-6-27(37)34-24-11-20(10-21(12-24)23-16-33-36(3)18-23)22-13-25-26(17-32-29(25)31-15-22)19-7-8-30-28(14-19)38-4/h5-8,10-18H,9H2,1-4H3,(H,31,32)(H,34,37). The fourth-order valence-electron chi connectivity index (χ4n) is 4.25. The van der Waals surface area contributed by atoms with Gasteiger partial charge in [0.2, 0.25) is 11.8 Å². The number of rotatable bonds is 8. The summed E-state index contributed by atoms with van der Waals surface area (Å²) in [6, 6.07) is 11.9. The number of anilines is 1. The summed E-state index contributed by atoms with van der Waals surface area (Å²) in [6.07, 6.45) is 12.6. The first-order chi connectivity index (χ1) is 18.4. The fraction of sp³-hybridized carbons (Fsp3) is 0.172. The van der Waals surface area contributed by atoms with Gasteiger partial charge in [-0.3, -0.25) is 9.48 Å². The molecule has 1 aromatic carbocycles. The first-order valence-electron chi connectivity index (χ1n) is 12.1. The summed E-state index contributed by atoms with van der Waals surface area (Å²) in [5.74, 6) is 0.361. The van der Waals surface area contributed by atoms with Gasteiger partial charge in [0.05, 0.1) is 13.3 Å². The van der Waals surface area contributed by atoms with Gasteiger partial charge in [0.1, 0.15) is 5.65 Å². The normalized spacial score (nSPS) is 11.5. The van der Waals surface area contributed by atoms with Crippen LogP contribution in [0.4, 0.5) is 5.69 Å². The maximum absolute atomic E-state index is 12.6. The first-order valence-corrected chi connectivity index (χ1v) is 12.1. The average molecular weight is 508 g/mol. The van der Waals surface area contributed by atoms with Crippen LogP contribution in [0.3, 0.4) is 0 Å². The lowest BCUT2D eigenvalue weighted by atomic mass is 9.99. The molecule has 0 aliphatic rings. The number of hydrogen-bond donors (Lipinski definition) is 2. The summed E-state index contributed by atoms with van der Waals surface area (Å²) >= 11 is 0. The summed E-state index contributed by atoms with van der Waals surface area (Å²) < 4.78 is 7.07. The van der Waals surface area contributed by atoms with E-state index in [2.05, 4.69) is 37.5 Å². The van der Waals surface area contributed by atoms with Gasteiger partial charge < -0.3 is 19.9 Å². The van der Waals surface area contributed by atoms with Crippen LogP contribution in [0.1, 0.15) is 0 Å². The van der Waals surface area contributed by atoms with Crippen molar-refractivity contribution in [3.63, 3.8) is 0 Å². The predicted octanol–water partition coefficient (Wildman–Crippen LogP) is 4.76. The summed E-state index contributed by atoms with van der Waals surface area (Å²) in [5, 5.41) is 8.30. The van der Waals surface area contributed by atoms with Crippen LogP contribution in [-0.2, 0) is 11.8 Å². The Morgan fingerprint density at radius 3 is 2.61 bits per heavy atom. The topological polar surface area (TPSA) is 101 Å². The van der Waals surface area contributed by atoms with Gasteiger partial charge in [-0.05, 0) is 61.1 Å². The Morgan fingerprint density at radius 2 is 1.87 bits per heavy atom. The molecule has 0 radical (unpaired) electrons. The highest BCUT2D eigenvalue weighted by Gasteiger charge is 2.13. The second-order valence-corrected chi connectivity index (χ2v) is 9.26. The summed E-state index contributed by atoms with van der Waals surface area (Å²) in [4.78, 5) is 26.8. The number of fused-ring (bicyclic) bond motifs is 1. The summed E-state index contributed by atoms with van der Waals surface area (Å²) in [5.41, 5.74) is 7.18. The van der Waals surface area contributed by atoms with Crippen molar-refractivity contribution >= 4 is 22.6 Å². The lowest BCUT2D eigenvalue weighted by Crippen LogP contribution is -2.13. The van der Waals surface area contributed by atoms with Crippen molar-refractivity contribution in [2.24, 2.45) is 7.05 Å². The fourth-order valence-corrected chi connectivity index (χ4v) is 4.25. The van der Waals surface area contributed by atoms with E-state index in [4.69, 9.17) is 4.74 Å². The molecule has 0 spiro atoms. The molecule has 0 aliphatic heterocycles. The summed E-state index contributed by atoms with van der Waals surface area (Å²) in [6.45, 7) is 0.683. The molecule has 0 aliphatic carbocycles. The van der Waals surface area contributed by atoms with E-state index in [1.54, 1.807) is 24.1 Å². The highest BCUT2D eigenvalue weighted by atomic mass is 16.5. The van der Waals surface area contributed by atoms with Gasteiger partial charge in [-0.15, -0.1) is 0 Å². The Bertz CT molecular complexity index is 1630. The molecule has 0 saturated carbocycles. The number of H-pyrrole nitrogens is 1. The number of ether oxygens (including phenoxy) is 1. The molecule has 5 aromatic rings. The third kappa shape index (κ3) is 5.47. The zero-order valence-corrected chi connectivity index (χ0v) is 21.8. The molecule has 5 rings (SSSR count). The Balaban J connectivity index is 1.56. The van der Waals surface area contributed by atoms with Crippen LogP contribution in [0, 0.1) is 0 Å². The van der Waals surface area contributed by atoms with Crippen LogP contribution >= 0.6 is 0 Å². The van der Waals surface area contributed by atoms with Crippen LogP contribution in [0.5, 0.6) is 5.88 Å². The van der Waals surface area contributed by atoms with E-state index in [0.29, 0.717) is 18.1 Å². The number of aromatic amines is 1. The highest BCUT2D eigenvalue weighted by molar-refractivity contribution is 6.01. The van der Waals surface area contributed by atoms with Crippen LogP contribution in [-0.4, -0.2) is 63.3 Å². The molecule has 1 amide bonds. The third-order valence-electron chi connectivity index (χ3n) is 6.10. The average Bonchev–Trinajstić information content (AvgIpc) is 3.54. The minimum Gasteiger partial charge on any atom is -0.481 e. The van der Waals surface area contributed by atoms with Crippen LogP contribution in [0.15, 0.2) is 79.5 Å². The van der Waals surface area contributed by atoms with Gasteiger partial charge in [0.25, 0.3) is 0 Å². The lowest BCUT2D eigenvalue weighted by molar-refractivity contribution is -0.111. The number of carbonyl (C=O) groups excluding carboxylic acids is 1. The zero-order chi connectivity index (χ0) is 26.6. The number of amides is 1. The Morgan fingerprint density at radius 1 is 1.05 bits per heavy atom. The van der Waals surface area contributed by atoms with Gasteiger partial charge in [0, 0.05) is 78.3 Å². The Hall–Kier alpha value is -4.76. The van der Waals surface area contributed by atoms with Crippen LogP contribution < -0.4 is 10.1 Å². The molecule has 38 heavy (non-hydrogen) atoms. The summed E-state index contributed by atoms with van der Waals surface area (Å²) in [7, 11) is 7.39. The van der Waals surface area contributed by atoms with Gasteiger partial charge in [-0.2, -0.15) is 5.10 Å². The molecule has 192 valence electrons. The molecular weight excluding hydrogens is 478 g/mol. The van der Waals surface area contributed by atoms with Gasteiger partial charge in [0.15, 0.2) is 0 Å². The molecular formula is C29H29N7O2.